The van der Waals surface area contributed by atoms with Crippen molar-refractivity contribution in [3.8, 4) is 5.75 Å². The Morgan fingerprint density at radius 1 is 1.12 bits per heavy atom. The summed E-state index contributed by atoms with van der Waals surface area (Å²) in [6, 6.07) is 12.9. The molecule has 1 unspecified atom stereocenters. The van der Waals surface area contributed by atoms with E-state index in [9.17, 15) is 14.7 Å². The minimum absolute atomic E-state index is 0. The third-order valence-electron chi connectivity index (χ3n) is 5.60. The average molecular weight is 447 g/mol. The number of hydrogen-bond acceptors (Lipinski definition) is 5. The predicted molar refractivity (Wildman–Crippen MR) is 119 cm³/mol. The molecule has 2 aromatic rings. The van der Waals surface area contributed by atoms with E-state index >= 15 is 0 Å². The Bertz CT molecular complexity index is 913. The second-order valence-corrected chi connectivity index (χ2v) is 7.89. The summed E-state index contributed by atoms with van der Waals surface area (Å²) in [6.45, 7) is 6.33. The van der Waals surface area contributed by atoms with E-state index < -0.39 is 5.97 Å². The summed E-state index contributed by atoms with van der Waals surface area (Å²) in [5, 5.41) is 14.5. The van der Waals surface area contributed by atoms with Gasteiger partial charge in [-0.1, -0.05) is 37.6 Å². The molecule has 1 aliphatic rings. The fourth-order valence-corrected chi connectivity index (χ4v) is 4.17. The molecule has 0 spiro atoms. The standard InChI is InChI=1S/C25H32N2O4.Na/c1-3-9-21(19-10-5-6-11-22(19)27-14-7-8-15-27)26-24(28)17-18-12-13-20(25(29)30)23(16-18)31-4-2;/h5-6,10-13,16,21H,3-4,7-9,14-15,17H2,1-2H3,(H,26,28)(H,29,30);/q;+1/p-1. The van der Waals surface area contributed by atoms with Gasteiger partial charge in [-0.3, -0.25) is 4.79 Å². The summed E-state index contributed by atoms with van der Waals surface area (Å²) in [5.74, 6) is -1.16. The summed E-state index contributed by atoms with van der Waals surface area (Å²) in [4.78, 5) is 26.6. The number of amides is 1. The number of hydrogen-bond donors (Lipinski definition) is 1. The average Bonchev–Trinajstić information content (AvgIpc) is 3.28. The van der Waals surface area contributed by atoms with Crippen LogP contribution in [0.3, 0.4) is 0 Å². The Balaban J connectivity index is 0.00000363. The Morgan fingerprint density at radius 2 is 1.84 bits per heavy atom. The first kappa shape index (κ1) is 26.2. The molecular weight excluding hydrogens is 415 g/mol. The molecule has 1 heterocycles. The quantitative estimate of drug-likeness (QED) is 0.530. The summed E-state index contributed by atoms with van der Waals surface area (Å²) < 4.78 is 5.42. The number of nitrogens with one attached hydrogen (secondary N) is 1. The molecule has 1 amide bonds. The SMILES string of the molecule is CCCC(NC(=O)Cc1ccc(C(=O)[O-])c(OCC)c1)c1ccccc1N1CCCC1.[Na+]. The van der Waals surface area contributed by atoms with Crippen LogP contribution in [0.4, 0.5) is 5.69 Å². The van der Waals surface area contributed by atoms with E-state index in [2.05, 4.69) is 35.3 Å². The van der Waals surface area contributed by atoms with Crippen LogP contribution in [0.2, 0.25) is 0 Å². The van der Waals surface area contributed by atoms with Crippen LogP contribution in [0.25, 0.3) is 0 Å². The molecule has 32 heavy (non-hydrogen) atoms. The van der Waals surface area contributed by atoms with Crippen molar-refractivity contribution in [1.29, 1.82) is 0 Å². The van der Waals surface area contributed by atoms with Crippen molar-refractivity contribution in [3.63, 3.8) is 0 Å². The molecule has 3 rings (SSSR count). The van der Waals surface area contributed by atoms with Crippen LogP contribution in [0, 0.1) is 0 Å². The van der Waals surface area contributed by atoms with Gasteiger partial charge in [-0.15, -0.1) is 0 Å². The molecule has 1 saturated heterocycles. The number of carbonyl (C=O) groups excluding carboxylic acids is 2. The Labute approximate surface area is 212 Å². The molecule has 1 fully saturated rings. The van der Waals surface area contributed by atoms with E-state index in [1.165, 1.54) is 24.6 Å². The van der Waals surface area contributed by atoms with Crippen LogP contribution in [0.15, 0.2) is 42.5 Å². The zero-order valence-electron chi connectivity index (χ0n) is 19.4. The zero-order valence-corrected chi connectivity index (χ0v) is 21.4. The molecule has 166 valence electrons. The van der Waals surface area contributed by atoms with Gasteiger partial charge in [-0.05, 0) is 55.5 Å². The number of benzene rings is 2. The first-order valence-electron chi connectivity index (χ1n) is 11.1. The van der Waals surface area contributed by atoms with Gasteiger partial charge in [-0.25, -0.2) is 0 Å². The molecule has 0 aromatic heterocycles. The normalized spacial score (nSPS) is 13.9. The number of carbonyl (C=O) groups is 2. The van der Waals surface area contributed by atoms with Gasteiger partial charge in [0.2, 0.25) is 5.91 Å². The molecule has 1 N–H and O–H groups in total. The van der Waals surface area contributed by atoms with Crippen molar-refractivity contribution in [2.24, 2.45) is 0 Å². The summed E-state index contributed by atoms with van der Waals surface area (Å²) in [5.41, 5.74) is 3.06. The van der Waals surface area contributed by atoms with E-state index in [0.29, 0.717) is 12.2 Å². The molecule has 0 bridgehead atoms. The second kappa shape index (κ2) is 12.9. The molecular formula is C25H31N2NaO4. The fourth-order valence-electron chi connectivity index (χ4n) is 4.17. The van der Waals surface area contributed by atoms with E-state index in [1.54, 1.807) is 19.1 Å². The van der Waals surface area contributed by atoms with Crippen LogP contribution in [0.5, 0.6) is 5.75 Å². The largest absolute Gasteiger partial charge is 1.00 e. The van der Waals surface area contributed by atoms with Gasteiger partial charge in [0.15, 0.2) is 0 Å². The van der Waals surface area contributed by atoms with Crippen molar-refractivity contribution in [3.05, 3.63) is 59.2 Å². The molecule has 6 nitrogen and oxygen atoms in total. The topological polar surface area (TPSA) is 81.7 Å². The fraction of sp³-hybridized carbons (Fsp3) is 0.440. The minimum atomic E-state index is -1.29. The molecule has 0 aliphatic carbocycles. The van der Waals surface area contributed by atoms with E-state index in [4.69, 9.17) is 4.74 Å². The van der Waals surface area contributed by atoms with Crippen LogP contribution in [-0.4, -0.2) is 31.6 Å². The smallest absolute Gasteiger partial charge is 0.545 e. The first-order valence-corrected chi connectivity index (χ1v) is 11.1. The van der Waals surface area contributed by atoms with Gasteiger partial charge in [0.05, 0.1) is 25.0 Å². The van der Waals surface area contributed by atoms with Crippen molar-refractivity contribution in [2.45, 2.75) is 52.0 Å². The van der Waals surface area contributed by atoms with Crippen molar-refractivity contribution >= 4 is 17.6 Å². The summed E-state index contributed by atoms with van der Waals surface area (Å²) >= 11 is 0. The van der Waals surface area contributed by atoms with E-state index in [1.807, 2.05) is 6.07 Å². The molecule has 1 aliphatic heterocycles. The van der Waals surface area contributed by atoms with Gasteiger partial charge < -0.3 is 24.9 Å². The van der Waals surface area contributed by atoms with Crippen molar-refractivity contribution in [2.75, 3.05) is 24.6 Å². The van der Waals surface area contributed by atoms with E-state index in [0.717, 1.165) is 31.5 Å². The number of nitrogens with zero attached hydrogens (tertiary/aromatic N) is 1. The predicted octanol–water partition coefficient (Wildman–Crippen LogP) is 0.253. The van der Waals surface area contributed by atoms with Gasteiger partial charge in [0, 0.05) is 24.3 Å². The Kier molecular flexibility index (Phi) is 10.6. The zero-order chi connectivity index (χ0) is 22.2. The van der Waals surface area contributed by atoms with Gasteiger partial charge in [0.25, 0.3) is 0 Å². The minimum Gasteiger partial charge on any atom is -0.545 e. The van der Waals surface area contributed by atoms with Gasteiger partial charge in [-0.2, -0.15) is 0 Å². The number of carboxylic acid groups (broad SMARTS) is 1. The van der Waals surface area contributed by atoms with Crippen LogP contribution in [-0.2, 0) is 11.2 Å². The molecule has 7 heteroatoms. The van der Waals surface area contributed by atoms with Crippen LogP contribution < -0.4 is 49.6 Å². The summed E-state index contributed by atoms with van der Waals surface area (Å²) in [7, 11) is 0. The molecule has 1 atom stereocenters. The van der Waals surface area contributed by atoms with Gasteiger partial charge >= 0.3 is 29.6 Å². The van der Waals surface area contributed by atoms with Crippen molar-refractivity contribution in [1.82, 2.24) is 5.32 Å². The maximum absolute atomic E-state index is 12.9. The Hall–Kier alpha value is -2.02. The number of para-hydroxylation sites is 1. The van der Waals surface area contributed by atoms with Crippen LogP contribution >= 0.6 is 0 Å². The molecule has 0 saturated carbocycles. The third-order valence-corrected chi connectivity index (χ3v) is 5.60. The maximum atomic E-state index is 12.9. The number of anilines is 1. The number of carboxylic acids is 1. The molecule has 0 radical (unpaired) electrons. The third kappa shape index (κ3) is 6.74. The maximum Gasteiger partial charge on any atom is 1.00 e. The van der Waals surface area contributed by atoms with E-state index in [-0.39, 0.29) is 59.2 Å². The van der Waals surface area contributed by atoms with Gasteiger partial charge in [0.1, 0.15) is 5.75 Å². The Morgan fingerprint density at radius 3 is 2.50 bits per heavy atom. The number of aromatic carboxylic acids is 1. The molecule has 2 aromatic carbocycles. The number of rotatable bonds is 10. The monoisotopic (exact) mass is 446 g/mol. The second-order valence-electron chi connectivity index (χ2n) is 7.89. The van der Waals surface area contributed by atoms with Crippen LogP contribution in [0.1, 0.15) is 67.1 Å². The van der Waals surface area contributed by atoms with Crippen molar-refractivity contribution < 1.29 is 49.0 Å². The first-order chi connectivity index (χ1) is 15.0. The number of ether oxygens (including phenoxy) is 1. The summed E-state index contributed by atoms with van der Waals surface area (Å²) in [6.07, 6.45) is 4.35.